The van der Waals surface area contributed by atoms with Gasteiger partial charge in [-0.25, -0.2) is 18.6 Å². The lowest BCUT2D eigenvalue weighted by Crippen LogP contribution is -2.19. The third kappa shape index (κ3) is 2.49. The van der Waals surface area contributed by atoms with Gasteiger partial charge in [-0.2, -0.15) is 13.2 Å². The summed E-state index contributed by atoms with van der Waals surface area (Å²) in [6.45, 7) is 0. The first-order valence-corrected chi connectivity index (χ1v) is 4.35. The minimum atomic E-state index is -5.12. The minimum absolute atomic E-state index is 0.205. The number of halogens is 5. The Hall–Kier alpha value is -1.93. The van der Waals surface area contributed by atoms with Crippen LogP contribution in [0.5, 0.6) is 5.75 Å². The molecule has 0 aliphatic rings. The van der Waals surface area contributed by atoms with Gasteiger partial charge >= 0.3 is 12.1 Å². The van der Waals surface area contributed by atoms with E-state index in [1.54, 1.807) is 0 Å². The molecule has 0 aromatic carbocycles. The molecule has 0 aliphatic heterocycles. The van der Waals surface area contributed by atoms with E-state index >= 15 is 0 Å². The highest BCUT2D eigenvalue weighted by Crippen LogP contribution is 2.38. The molecule has 1 aromatic rings. The number of hydrogen-bond acceptors (Lipinski definition) is 4. The Labute approximate surface area is 97.0 Å². The maximum absolute atomic E-state index is 12.6. The molecule has 0 spiro atoms. The van der Waals surface area contributed by atoms with Crippen LogP contribution in [0.2, 0.25) is 0 Å². The van der Waals surface area contributed by atoms with E-state index in [1.165, 1.54) is 0 Å². The normalized spacial score (nSPS) is 11.7. The van der Waals surface area contributed by atoms with Crippen molar-refractivity contribution in [2.45, 2.75) is 12.6 Å². The Morgan fingerprint density at radius 2 is 2.00 bits per heavy atom. The molecule has 0 aliphatic carbocycles. The van der Waals surface area contributed by atoms with Gasteiger partial charge in [0.1, 0.15) is 11.3 Å². The van der Waals surface area contributed by atoms with E-state index in [9.17, 15) is 26.7 Å². The van der Waals surface area contributed by atoms with Crippen LogP contribution in [-0.4, -0.2) is 23.2 Å². The fourth-order valence-electron chi connectivity index (χ4n) is 1.26. The molecule has 0 unspecified atom stereocenters. The van der Waals surface area contributed by atoms with Crippen molar-refractivity contribution >= 4 is 5.97 Å². The molecule has 0 bridgehead atoms. The molecule has 1 N–H and O–H groups in total. The lowest BCUT2D eigenvalue weighted by molar-refractivity contribution is -0.141. The van der Waals surface area contributed by atoms with Gasteiger partial charge in [-0.1, -0.05) is 0 Å². The SMILES string of the molecule is COC(=O)c1c(C(F)(F)F)ncc(O)c1C(F)F. The molecule has 4 nitrogen and oxygen atoms in total. The Morgan fingerprint density at radius 1 is 1.44 bits per heavy atom. The van der Waals surface area contributed by atoms with Crippen LogP contribution in [-0.2, 0) is 10.9 Å². The van der Waals surface area contributed by atoms with E-state index in [0.717, 1.165) is 7.11 Å². The second kappa shape index (κ2) is 4.75. The van der Waals surface area contributed by atoms with Gasteiger partial charge in [0.2, 0.25) is 0 Å². The van der Waals surface area contributed by atoms with E-state index in [0.29, 0.717) is 0 Å². The number of esters is 1. The molecule has 1 aromatic heterocycles. The molecular weight excluding hydrogens is 265 g/mol. The van der Waals surface area contributed by atoms with Crippen molar-refractivity contribution in [2.24, 2.45) is 0 Å². The van der Waals surface area contributed by atoms with Crippen LogP contribution < -0.4 is 0 Å². The zero-order valence-electron chi connectivity index (χ0n) is 8.76. The largest absolute Gasteiger partial charge is 0.506 e. The van der Waals surface area contributed by atoms with Gasteiger partial charge in [0.15, 0.2) is 5.69 Å². The van der Waals surface area contributed by atoms with E-state index < -0.39 is 41.1 Å². The first-order valence-electron chi connectivity index (χ1n) is 4.35. The Balaban J connectivity index is 3.65. The standard InChI is InChI=1S/C9H6F5NO3/c1-18-8(17)5-4(7(10)11)3(16)2-15-6(5)9(12,13)14/h2,7,16H,1H3. The average Bonchev–Trinajstić information content (AvgIpc) is 2.25. The highest BCUT2D eigenvalue weighted by Gasteiger charge is 2.41. The quantitative estimate of drug-likeness (QED) is 0.663. The summed E-state index contributed by atoms with van der Waals surface area (Å²) >= 11 is 0. The lowest BCUT2D eigenvalue weighted by atomic mass is 10.1. The van der Waals surface area contributed by atoms with Crippen LogP contribution in [0.15, 0.2) is 6.20 Å². The number of aromatic hydroxyl groups is 1. The number of ether oxygens (including phenoxy) is 1. The maximum atomic E-state index is 12.6. The van der Waals surface area contributed by atoms with Gasteiger partial charge in [-0.15, -0.1) is 0 Å². The van der Waals surface area contributed by atoms with Crippen LogP contribution in [0.4, 0.5) is 22.0 Å². The van der Waals surface area contributed by atoms with Gasteiger partial charge in [-0.05, 0) is 0 Å². The van der Waals surface area contributed by atoms with E-state index in [4.69, 9.17) is 5.11 Å². The maximum Gasteiger partial charge on any atom is 0.434 e. The van der Waals surface area contributed by atoms with Crippen LogP contribution >= 0.6 is 0 Å². The first kappa shape index (κ1) is 14.1. The number of carbonyl (C=O) groups is 1. The molecule has 18 heavy (non-hydrogen) atoms. The number of rotatable bonds is 2. The second-order valence-electron chi connectivity index (χ2n) is 3.07. The summed E-state index contributed by atoms with van der Waals surface area (Å²) in [5.41, 5.74) is -4.77. The Morgan fingerprint density at radius 3 is 2.39 bits per heavy atom. The van der Waals surface area contributed by atoms with Gasteiger partial charge in [0, 0.05) is 0 Å². The van der Waals surface area contributed by atoms with Crippen LogP contribution in [0, 0.1) is 0 Å². The predicted molar refractivity (Wildman–Crippen MR) is 47.2 cm³/mol. The van der Waals surface area contributed by atoms with Crippen molar-refractivity contribution in [1.29, 1.82) is 0 Å². The van der Waals surface area contributed by atoms with Crippen LogP contribution in [0.25, 0.3) is 0 Å². The molecular formula is C9H6F5NO3. The number of carbonyl (C=O) groups excluding carboxylic acids is 1. The lowest BCUT2D eigenvalue weighted by Gasteiger charge is -2.14. The molecule has 0 radical (unpaired) electrons. The number of alkyl halides is 5. The van der Waals surface area contributed by atoms with Gasteiger partial charge in [-0.3, -0.25) is 0 Å². The Kier molecular flexibility index (Phi) is 3.73. The summed E-state index contributed by atoms with van der Waals surface area (Å²) in [5, 5.41) is 9.08. The number of nitrogens with zero attached hydrogens (tertiary/aromatic N) is 1. The van der Waals surface area contributed by atoms with Gasteiger partial charge < -0.3 is 9.84 Å². The van der Waals surface area contributed by atoms with Crippen molar-refractivity contribution < 1.29 is 36.6 Å². The topological polar surface area (TPSA) is 59.4 Å². The monoisotopic (exact) mass is 271 g/mol. The first-order chi connectivity index (χ1) is 8.20. The summed E-state index contributed by atoms with van der Waals surface area (Å²) in [7, 11) is 0.724. The van der Waals surface area contributed by atoms with Gasteiger partial charge in [0.05, 0.1) is 18.9 Å². The summed E-state index contributed by atoms with van der Waals surface area (Å²) in [4.78, 5) is 13.9. The van der Waals surface area contributed by atoms with Crippen molar-refractivity contribution in [3.63, 3.8) is 0 Å². The molecule has 0 atom stereocenters. The predicted octanol–water partition coefficient (Wildman–Crippen LogP) is 2.53. The molecule has 1 heterocycles. The van der Waals surface area contributed by atoms with Crippen molar-refractivity contribution in [3.8, 4) is 5.75 Å². The third-order valence-electron chi connectivity index (χ3n) is 1.97. The smallest absolute Gasteiger partial charge is 0.434 e. The highest BCUT2D eigenvalue weighted by atomic mass is 19.4. The summed E-state index contributed by atoms with van der Waals surface area (Å²) in [6.07, 6.45) is -8.40. The number of aromatic nitrogens is 1. The highest BCUT2D eigenvalue weighted by molar-refractivity contribution is 5.93. The van der Waals surface area contributed by atoms with Crippen molar-refractivity contribution in [2.75, 3.05) is 7.11 Å². The zero-order chi connectivity index (χ0) is 14.1. The number of pyridine rings is 1. The van der Waals surface area contributed by atoms with E-state index in [2.05, 4.69) is 9.72 Å². The molecule has 1 rings (SSSR count). The Bertz CT molecular complexity index is 472. The second-order valence-corrected chi connectivity index (χ2v) is 3.07. The fourth-order valence-corrected chi connectivity index (χ4v) is 1.26. The molecule has 0 saturated heterocycles. The summed E-state index contributed by atoms with van der Waals surface area (Å²) in [5.74, 6) is -2.86. The molecule has 0 fully saturated rings. The van der Waals surface area contributed by atoms with E-state index in [-0.39, 0.29) is 6.20 Å². The third-order valence-corrected chi connectivity index (χ3v) is 1.97. The number of hydrogen-bond donors (Lipinski definition) is 1. The molecule has 0 saturated carbocycles. The molecule has 0 amide bonds. The minimum Gasteiger partial charge on any atom is -0.506 e. The summed E-state index contributed by atoms with van der Waals surface area (Å²) in [6, 6.07) is 0. The average molecular weight is 271 g/mol. The van der Waals surface area contributed by atoms with Crippen molar-refractivity contribution in [1.82, 2.24) is 4.98 Å². The van der Waals surface area contributed by atoms with E-state index in [1.807, 2.05) is 0 Å². The van der Waals surface area contributed by atoms with Crippen LogP contribution in [0.1, 0.15) is 28.0 Å². The van der Waals surface area contributed by atoms with Crippen LogP contribution in [0.3, 0.4) is 0 Å². The van der Waals surface area contributed by atoms with Crippen molar-refractivity contribution in [3.05, 3.63) is 23.0 Å². The van der Waals surface area contributed by atoms with Gasteiger partial charge in [0.25, 0.3) is 6.43 Å². The zero-order valence-corrected chi connectivity index (χ0v) is 8.76. The molecule has 100 valence electrons. The number of methoxy groups -OCH3 is 1. The fraction of sp³-hybridized carbons (Fsp3) is 0.333. The molecule has 9 heteroatoms. The summed E-state index contributed by atoms with van der Waals surface area (Å²) < 4.78 is 66.7.